The number of ether oxygens (including phenoxy) is 1. The first-order chi connectivity index (χ1) is 10.3. The summed E-state index contributed by atoms with van der Waals surface area (Å²) in [5.41, 5.74) is 2.15. The van der Waals surface area contributed by atoms with Crippen LogP contribution in [-0.2, 0) is 9.53 Å². The van der Waals surface area contributed by atoms with Crippen LogP contribution in [0.15, 0.2) is 47.4 Å². The molecule has 2 aromatic rings. The van der Waals surface area contributed by atoms with Gasteiger partial charge in [-0.15, -0.1) is 11.8 Å². The lowest BCUT2D eigenvalue weighted by Crippen LogP contribution is -2.39. The topological polar surface area (TPSA) is 64.3 Å². The van der Waals surface area contributed by atoms with Gasteiger partial charge < -0.3 is 4.74 Å². The Bertz CT molecular complexity index is 647. The molecule has 4 nitrogen and oxygen atoms in total. The molecule has 0 aliphatic carbocycles. The van der Waals surface area contributed by atoms with Crippen LogP contribution in [0.2, 0.25) is 0 Å². The van der Waals surface area contributed by atoms with Crippen LogP contribution in [0, 0.1) is 0 Å². The highest BCUT2D eigenvalue weighted by molar-refractivity contribution is 7.99. The molecule has 21 heavy (non-hydrogen) atoms. The Morgan fingerprint density at radius 3 is 2.86 bits per heavy atom. The van der Waals surface area contributed by atoms with Crippen molar-refractivity contribution in [3.05, 3.63) is 42.5 Å². The summed E-state index contributed by atoms with van der Waals surface area (Å²) < 4.78 is 5.71. The number of carbonyl (C=O) groups is 1. The molecular weight excluding hydrogens is 284 g/mol. The second-order valence-electron chi connectivity index (χ2n) is 5.15. The molecule has 2 unspecified atom stereocenters. The summed E-state index contributed by atoms with van der Waals surface area (Å²) >= 11 is 1.77. The highest BCUT2D eigenvalue weighted by Gasteiger charge is 2.30. The minimum absolute atomic E-state index is 0.115. The number of carbonyl (C=O) groups excluding carboxylic acids is 1. The second kappa shape index (κ2) is 6.47. The number of amides is 1. The molecule has 0 aromatic heterocycles. The molecule has 1 fully saturated rings. The maximum atomic E-state index is 11.4. The number of fused-ring (bicyclic) bond motifs is 1. The number of thioether (sulfide) groups is 1. The van der Waals surface area contributed by atoms with Gasteiger partial charge in [-0.3, -0.25) is 10.2 Å². The number of nitrogens with one attached hydrogen (secondary N) is 1. The fraction of sp³-hybridized carbons (Fsp3) is 0.312. The van der Waals surface area contributed by atoms with Crippen molar-refractivity contribution in [1.82, 2.24) is 5.43 Å². The molecule has 0 bridgehead atoms. The molecule has 1 aliphatic rings. The number of nitrogens with two attached hydrogens (primary N) is 1. The number of hydrazine groups is 1. The molecule has 3 N–H and O–H groups in total. The molecule has 3 rings (SSSR count). The zero-order valence-electron chi connectivity index (χ0n) is 11.6. The van der Waals surface area contributed by atoms with Crippen LogP contribution in [0.5, 0.6) is 0 Å². The molecule has 2 aromatic carbocycles. The summed E-state index contributed by atoms with van der Waals surface area (Å²) in [6.07, 6.45) is 1.37. The highest BCUT2D eigenvalue weighted by atomic mass is 32.2. The third-order valence-electron chi connectivity index (χ3n) is 3.70. The molecule has 1 amide bonds. The molecule has 0 spiro atoms. The van der Waals surface area contributed by atoms with Crippen molar-refractivity contribution in [2.24, 2.45) is 5.84 Å². The fourth-order valence-corrected chi connectivity index (χ4v) is 3.56. The van der Waals surface area contributed by atoms with Gasteiger partial charge in [-0.25, -0.2) is 5.84 Å². The Kier molecular flexibility index (Phi) is 4.43. The van der Waals surface area contributed by atoms with E-state index in [0.717, 1.165) is 18.6 Å². The van der Waals surface area contributed by atoms with Gasteiger partial charge in [0.05, 0.1) is 6.10 Å². The Balaban J connectivity index is 1.58. The maximum absolute atomic E-state index is 11.4. The average molecular weight is 302 g/mol. The third kappa shape index (κ3) is 3.37. The highest BCUT2D eigenvalue weighted by Crippen LogP contribution is 2.28. The molecule has 1 heterocycles. The molecule has 5 heteroatoms. The lowest BCUT2D eigenvalue weighted by atomic mass is 10.1. The normalized spacial score (nSPS) is 21.6. The van der Waals surface area contributed by atoms with E-state index in [1.165, 1.54) is 15.7 Å². The van der Waals surface area contributed by atoms with Crippen LogP contribution < -0.4 is 11.3 Å². The van der Waals surface area contributed by atoms with E-state index in [1.807, 2.05) is 12.1 Å². The van der Waals surface area contributed by atoms with Gasteiger partial charge in [0.25, 0.3) is 5.91 Å². The summed E-state index contributed by atoms with van der Waals surface area (Å²) in [6, 6.07) is 14.8. The van der Waals surface area contributed by atoms with Gasteiger partial charge >= 0.3 is 0 Å². The monoisotopic (exact) mass is 302 g/mol. The van der Waals surface area contributed by atoms with Gasteiger partial charge in [-0.1, -0.05) is 30.3 Å². The number of rotatable bonds is 4. The lowest BCUT2D eigenvalue weighted by molar-refractivity contribution is -0.131. The van der Waals surface area contributed by atoms with Crippen LogP contribution >= 0.6 is 11.8 Å². The van der Waals surface area contributed by atoms with Gasteiger partial charge in [0.2, 0.25) is 0 Å². The number of benzene rings is 2. The van der Waals surface area contributed by atoms with Crippen molar-refractivity contribution in [3.8, 4) is 0 Å². The fourth-order valence-electron chi connectivity index (χ4n) is 2.56. The minimum atomic E-state index is -0.391. The summed E-state index contributed by atoms with van der Waals surface area (Å²) in [5.74, 6) is 5.76. The number of hydrogen-bond acceptors (Lipinski definition) is 4. The van der Waals surface area contributed by atoms with Crippen molar-refractivity contribution in [1.29, 1.82) is 0 Å². The zero-order chi connectivity index (χ0) is 14.7. The molecule has 110 valence electrons. The van der Waals surface area contributed by atoms with Crippen LogP contribution in [0.25, 0.3) is 10.8 Å². The summed E-state index contributed by atoms with van der Waals surface area (Å²) in [6.45, 7) is 0. The smallest absolute Gasteiger partial charge is 0.263 e. The van der Waals surface area contributed by atoms with Crippen molar-refractivity contribution in [2.45, 2.75) is 29.9 Å². The van der Waals surface area contributed by atoms with Gasteiger partial charge in [-0.05, 0) is 35.7 Å². The maximum Gasteiger partial charge on any atom is 0.263 e. The van der Waals surface area contributed by atoms with E-state index in [1.54, 1.807) is 11.8 Å². The van der Waals surface area contributed by atoms with E-state index in [-0.39, 0.29) is 12.0 Å². The largest absolute Gasteiger partial charge is 0.364 e. The van der Waals surface area contributed by atoms with E-state index >= 15 is 0 Å². The van der Waals surface area contributed by atoms with E-state index < -0.39 is 6.10 Å². The average Bonchev–Trinajstić information content (AvgIpc) is 3.01. The minimum Gasteiger partial charge on any atom is -0.364 e. The summed E-state index contributed by atoms with van der Waals surface area (Å²) in [4.78, 5) is 12.6. The first-order valence-electron chi connectivity index (χ1n) is 7.04. The van der Waals surface area contributed by atoms with Crippen LogP contribution in [0.3, 0.4) is 0 Å². The first kappa shape index (κ1) is 14.4. The summed E-state index contributed by atoms with van der Waals surface area (Å²) in [7, 11) is 0. The van der Waals surface area contributed by atoms with Gasteiger partial charge in [-0.2, -0.15) is 0 Å². The SMILES string of the molecule is NNC(=O)C1CCC(CSc2ccc3ccccc3c2)O1. The second-order valence-corrected chi connectivity index (χ2v) is 6.25. The Hall–Kier alpha value is -1.56. The van der Waals surface area contributed by atoms with Crippen LogP contribution in [0.1, 0.15) is 12.8 Å². The van der Waals surface area contributed by atoms with Crippen molar-refractivity contribution in [3.63, 3.8) is 0 Å². The van der Waals surface area contributed by atoms with Crippen LogP contribution in [0.4, 0.5) is 0 Å². The molecule has 0 saturated carbocycles. The molecule has 1 saturated heterocycles. The van der Waals surface area contributed by atoms with Crippen molar-refractivity contribution in [2.75, 3.05) is 5.75 Å². The lowest BCUT2D eigenvalue weighted by Gasteiger charge is -2.12. The molecule has 0 radical (unpaired) electrons. The van der Waals surface area contributed by atoms with Gasteiger partial charge in [0.15, 0.2) is 0 Å². The molecule has 2 atom stereocenters. The van der Waals surface area contributed by atoms with Crippen LogP contribution in [-0.4, -0.2) is 23.9 Å². The first-order valence-corrected chi connectivity index (χ1v) is 8.02. The Labute approximate surface area is 128 Å². The van der Waals surface area contributed by atoms with E-state index in [2.05, 4.69) is 35.8 Å². The molecular formula is C16H18N2O2S. The van der Waals surface area contributed by atoms with Gasteiger partial charge in [0.1, 0.15) is 6.10 Å². The third-order valence-corrected chi connectivity index (χ3v) is 4.82. The quantitative estimate of drug-likeness (QED) is 0.394. The Morgan fingerprint density at radius 2 is 2.05 bits per heavy atom. The number of hydrogen-bond donors (Lipinski definition) is 2. The standard InChI is InChI=1S/C16H18N2O2S/c17-18-16(19)15-8-6-13(20-15)10-21-14-7-5-11-3-1-2-4-12(11)9-14/h1-5,7,9,13,15H,6,8,10,17H2,(H,18,19). The summed E-state index contributed by atoms with van der Waals surface area (Å²) in [5, 5.41) is 2.49. The zero-order valence-corrected chi connectivity index (χ0v) is 12.4. The van der Waals surface area contributed by atoms with E-state index in [9.17, 15) is 4.79 Å². The van der Waals surface area contributed by atoms with Gasteiger partial charge in [0, 0.05) is 10.6 Å². The van der Waals surface area contributed by atoms with E-state index in [4.69, 9.17) is 10.6 Å². The van der Waals surface area contributed by atoms with E-state index in [0.29, 0.717) is 0 Å². The van der Waals surface area contributed by atoms with Crippen molar-refractivity contribution >= 4 is 28.4 Å². The Morgan fingerprint density at radius 1 is 1.24 bits per heavy atom. The predicted molar refractivity (Wildman–Crippen MR) is 84.9 cm³/mol. The predicted octanol–water partition coefficient (Wildman–Crippen LogP) is 2.47. The van der Waals surface area contributed by atoms with Crippen molar-refractivity contribution < 1.29 is 9.53 Å². The molecule has 1 aliphatic heterocycles.